The highest BCUT2D eigenvalue weighted by atomic mass is 16.6. The Labute approximate surface area is 202 Å². The molecule has 1 aromatic carbocycles. The Morgan fingerprint density at radius 1 is 1.29 bits per heavy atom. The van der Waals surface area contributed by atoms with E-state index < -0.39 is 28.7 Å². The molecule has 184 valence electrons. The van der Waals surface area contributed by atoms with E-state index in [2.05, 4.69) is 16.4 Å². The Morgan fingerprint density at radius 2 is 2.00 bits per heavy atom. The minimum atomic E-state index is -0.915. The van der Waals surface area contributed by atoms with Crippen LogP contribution in [0.2, 0.25) is 0 Å². The van der Waals surface area contributed by atoms with Crippen molar-refractivity contribution in [1.82, 2.24) is 15.2 Å². The summed E-state index contributed by atoms with van der Waals surface area (Å²) in [6.07, 6.45) is 1.90. The summed E-state index contributed by atoms with van der Waals surface area (Å²) < 4.78 is 10.9. The van der Waals surface area contributed by atoms with Gasteiger partial charge in [-0.15, -0.1) is 0 Å². The Hall–Kier alpha value is -4.20. The summed E-state index contributed by atoms with van der Waals surface area (Å²) in [6, 6.07) is 10.2. The number of aromatic nitrogens is 1. The Kier molecular flexibility index (Phi) is 7.86. The van der Waals surface area contributed by atoms with Gasteiger partial charge >= 0.3 is 6.09 Å². The molecule has 0 spiro atoms. The molecular weight excluding hydrogens is 454 g/mol. The van der Waals surface area contributed by atoms with Crippen LogP contribution in [-0.2, 0) is 16.0 Å². The van der Waals surface area contributed by atoms with Gasteiger partial charge in [0.05, 0.1) is 11.0 Å². The molecule has 1 aliphatic rings. The summed E-state index contributed by atoms with van der Waals surface area (Å²) in [5.74, 6) is 0.303. The van der Waals surface area contributed by atoms with Gasteiger partial charge in [0.2, 0.25) is 11.8 Å². The molecule has 35 heavy (non-hydrogen) atoms. The van der Waals surface area contributed by atoms with Crippen LogP contribution in [0.25, 0.3) is 0 Å². The zero-order chi connectivity index (χ0) is 25.6. The van der Waals surface area contributed by atoms with E-state index in [-0.39, 0.29) is 23.9 Å². The molecule has 1 N–H and O–H groups in total. The average Bonchev–Trinajstić information content (AvgIpc) is 3.27. The predicted molar refractivity (Wildman–Crippen MR) is 125 cm³/mol. The predicted octanol–water partition coefficient (Wildman–Crippen LogP) is 3.73. The van der Waals surface area contributed by atoms with Crippen LogP contribution in [0, 0.1) is 21.4 Å². The molecule has 2 atom stereocenters. The number of nitrogens with one attached hydrogen (secondary N) is 1. The van der Waals surface area contributed by atoms with Crippen molar-refractivity contribution in [3.8, 4) is 17.7 Å². The van der Waals surface area contributed by atoms with Crippen LogP contribution in [0.5, 0.6) is 11.6 Å². The monoisotopic (exact) mass is 481 g/mol. The fourth-order valence-electron chi connectivity index (χ4n) is 3.61. The van der Waals surface area contributed by atoms with Crippen LogP contribution in [0.4, 0.5) is 10.5 Å². The van der Waals surface area contributed by atoms with Crippen LogP contribution in [0.1, 0.15) is 39.2 Å². The van der Waals surface area contributed by atoms with Crippen molar-refractivity contribution in [3.63, 3.8) is 0 Å². The minimum Gasteiger partial charge on any atom is -0.444 e. The van der Waals surface area contributed by atoms with Crippen molar-refractivity contribution in [2.45, 2.75) is 57.7 Å². The lowest BCUT2D eigenvalue weighted by Gasteiger charge is -2.27. The molecule has 1 saturated heterocycles. The highest BCUT2D eigenvalue weighted by Crippen LogP contribution is 2.23. The van der Waals surface area contributed by atoms with Crippen LogP contribution >= 0.6 is 0 Å². The molecule has 3 rings (SSSR count). The zero-order valence-corrected chi connectivity index (χ0v) is 19.8. The molecule has 2 amide bonds. The Bertz CT molecular complexity index is 1110. The number of likely N-dealkylation sites (tertiary alicyclic amines) is 1. The van der Waals surface area contributed by atoms with Crippen molar-refractivity contribution in [2.24, 2.45) is 0 Å². The molecule has 0 saturated carbocycles. The number of hydrogen-bond acceptors (Lipinski definition) is 8. The quantitative estimate of drug-likeness (QED) is 0.464. The van der Waals surface area contributed by atoms with E-state index in [9.17, 15) is 25.0 Å². The maximum absolute atomic E-state index is 13.2. The van der Waals surface area contributed by atoms with Gasteiger partial charge < -0.3 is 19.7 Å². The first-order valence-corrected chi connectivity index (χ1v) is 11.1. The van der Waals surface area contributed by atoms with Gasteiger partial charge in [0.1, 0.15) is 29.6 Å². The third-order valence-corrected chi connectivity index (χ3v) is 5.19. The molecule has 2 heterocycles. The molecule has 2 aromatic rings. The van der Waals surface area contributed by atoms with E-state index in [4.69, 9.17) is 9.47 Å². The van der Waals surface area contributed by atoms with Gasteiger partial charge in [-0.25, -0.2) is 9.78 Å². The van der Waals surface area contributed by atoms with E-state index in [0.29, 0.717) is 18.7 Å². The summed E-state index contributed by atoms with van der Waals surface area (Å²) in [6.45, 7) is 5.65. The molecule has 11 nitrogen and oxygen atoms in total. The molecule has 1 aliphatic heterocycles. The second-order valence-electron chi connectivity index (χ2n) is 9.08. The number of hydrogen-bond donors (Lipinski definition) is 1. The standard InChI is InChI=1S/C24H27N5O6/c1-24(2,3)35-23(31)27-20(22(30)28-12-4-5-17(28)14-25)13-16-6-9-19(10-7-16)34-21-11-8-18(15-26-21)29(32)33/h6-11,15,17,20H,4-5,12-13H2,1-3H3,(H,27,31)/t17?,20-/m0/s1. The van der Waals surface area contributed by atoms with Crippen molar-refractivity contribution < 1.29 is 24.0 Å². The van der Waals surface area contributed by atoms with Gasteiger partial charge in [-0.1, -0.05) is 12.1 Å². The van der Waals surface area contributed by atoms with Gasteiger partial charge in [0.15, 0.2) is 0 Å². The normalized spacial score (nSPS) is 16.2. The molecule has 0 bridgehead atoms. The fourth-order valence-corrected chi connectivity index (χ4v) is 3.61. The maximum Gasteiger partial charge on any atom is 0.408 e. The van der Waals surface area contributed by atoms with Crippen LogP contribution in [-0.4, -0.2) is 51.0 Å². The van der Waals surface area contributed by atoms with Gasteiger partial charge in [-0.05, 0) is 51.3 Å². The molecule has 0 aliphatic carbocycles. The summed E-state index contributed by atoms with van der Waals surface area (Å²) in [7, 11) is 0. The van der Waals surface area contributed by atoms with Crippen LogP contribution < -0.4 is 10.1 Å². The van der Waals surface area contributed by atoms with Crippen LogP contribution in [0.3, 0.4) is 0 Å². The lowest BCUT2D eigenvalue weighted by atomic mass is 10.0. The lowest BCUT2D eigenvalue weighted by molar-refractivity contribution is -0.385. The number of carbonyl (C=O) groups is 2. The van der Waals surface area contributed by atoms with Gasteiger partial charge in [-0.2, -0.15) is 5.26 Å². The van der Waals surface area contributed by atoms with E-state index in [1.54, 1.807) is 45.0 Å². The van der Waals surface area contributed by atoms with E-state index in [0.717, 1.165) is 18.2 Å². The third kappa shape index (κ3) is 7.14. The summed E-state index contributed by atoms with van der Waals surface area (Å²) >= 11 is 0. The zero-order valence-electron chi connectivity index (χ0n) is 19.8. The molecule has 0 radical (unpaired) electrons. The Morgan fingerprint density at radius 3 is 2.57 bits per heavy atom. The molecule has 1 aromatic heterocycles. The topological polar surface area (TPSA) is 148 Å². The second kappa shape index (κ2) is 10.8. The number of pyridine rings is 1. The molecule has 1 fully saturated rings. The highest BCUT2D eigenvalue weighted by Gasteiger charge is 2.34. The van der Waals surface area contributed by atoms with Crippen molar-refractivity contribution in [2.75, 3.05) is 6.54 Å². The average molecular weight is 482 g/mol. The number of alkyl carbamates (subject to hydrolysis) is 1. The highest BCUT2D eigenvalue weighted by molar-refractivity contribution is 5.86. The number of rotatable bonds is 7. The van der Waals surface area contributed by atoms with Crippen molar-refractivity contribution in [1.29, 1.82) is 5.26 Å². The van der Waals surface area contributed by atoms with E-state index >= 15 is 0 Å². The first kappa shape index (κ1) is 25.4. The van der Waals surface area contributed by atoms with Gasteiger partial charge in [-0.3, -0.25) is 14.9 Å². The number of nitriles is 1. The number of nitrogens with zero attached hydrogens (tertiary/aromatic N) is 4. The second-order valence-corrected chi connectivity index (χ2v) is 9.08. The first-order valence-electron chi connectivity index (χ1n) is 11.1. The Balaban J connectivity index is 1.72. The fraction of sp³-hybridized carbons (Fsp3) is 0.417. The lowest BCUT2D eigenvalue weighted by Crippen LogP contribution is -2.51. The molecular formula is C24H27N5O6. The number of carbonyl (C=O) groups excluding carboxylic acids is 2. The molecule has 11 heteroatoms. The summed E-state index contributed by atoms with van der Waals surface area (Å²) in [4.78, 5) is 41.3. The number of ether oxygens (including phenoxy) is 2. The minimum absolute atomic E-state index is 0.141. The van der Waals surface area contributed by atoms with Gasteiger partial charge in [0, 0.05) is 25.1 Å². The summed E-state index contributed by atoms with van der Waals surface area (Å²) in [5, 5.41) is 22.8. The molecule has 1 unspecified atom stereocenters. The van der Waals surface area contributed by atoms with Crippen molar-refractivity contribution >= 4 is 17.7 Å². The van der Waals surface area contributed by atoms with E-state index in [1.807, 2.05) is 0 Å². The first-order chi connectivity index (χ1) is 16.6. The number of nitro groups is 1. The van der Waals surface area contributed by atoms with Gasteiger partial charge in [0.25, 0.3) is 5.69 Å². The smallest absolute Gasteiger partial charge is 0.408 e. The van der Waals surface area contributed by atoms with E-state index in [1.165, 1.54) is 17.0 Å². The number of benzene rings is 1. The SMILES string of the molecule is CC(C)(C)OC(=O)N[C@@H](Cc1ccc(Oc2ccc([N+](=O)[O-])cn2)cc1)C(=O)N1CCCC1C#N. The third-order valence-electron chi connectivity index (χ3n) is 5.19. The van der Waals surface area contributed by atoms with Crippen LogP contribution in [0.15, 0.2) is 42.6 Å². The maximum atomic E-state index is 13.2. The number of amides is 2. The summed E-state index contributed by atoms with van der Waals surface area (Å²) in [5.41, 5.74) is -0.126. The largest absolute Gasteiger partial charge is 0.444 e. The van der Waals surface area contributed by atoms with Crippen molar-refractivity contribution in [3.05, 3.63) is 58.3 Å².